The van der Waals surface area contributed by atoms with E-state index in [1.807, 2.05) is 0 Å². The second-order valence-electron chi connectivity index (χ2n) is 5.29. The van der Waals surface area contributed by atoms with Gasteiger partial charge in [0.2, 0.25) is 0 Å². The van der Waals surface area contributed by atoms with Crippen LogP contribution in [0.1, 0.15) is 24.0 Å². The van der Waals surface area contributed by atoms with E-state index in [0.717, 1.165) is 49.3 Å². The average molecular weight is 311 g/mol. The highest BCUT2D eigenvalue weighted by atomic mass is 79.9. The van der Waals surface area contributed by atoms with Gasteiger partial charge < -0.3 is 10.5 Å². The summed E-state index contributed by atoms with van der Waals surface area (Å²) < 4.78 is 6.93. The summed E-state index contributed by atoms with van der Waals surface area (Å²) in [4.78, 5) is 2.44. The van der Waals surface area contributed by atoms with Crippen molar-refractivity contribution in [3.8, 4) is 5.75 Å². The summed E-state index contributed by atoms with van der Waals surface area (Å²) in [7, 11) is 0. The van der Waals surface area contributed by atoms with Gasteiger partial charge in [-0.15, -0.1) is 0 Å². The second-order valence-corrected chi connectivity index (χ2v) is 6.20. The predicted octanol–water partition coefficient (Wildman–Crippen LogP) is 2.31. The molecule has 0 saturated carbocycles. The smallest absolute Gasteiger partial charge is 0.127 e. The lowest BCUT2D eigenvalue weighted by molar-refractivity contribution is 0.199. The highest BCUT2D eigenvalue weighted by Crippen LogP contribution is 2.34. The Hall–Kier alpha value is -0.580. The first-order chi connectivity index (χ1) is 8.72. The van der Waals surface area contributed by atoms with E-state index in [1.165, 1.54) is 17.5 Å². The molecular formula is C14H19BrN2O. The molecule has 0 spiro atoms. The number of hydrogen-bond donors (Lipinski definition) is 1. The Balaban J connectivity index is 1.80. The summed E-state index contributed by atoms with van der Waals surface area (Å²) in [6, 6.07) is 4.69. The van der Waals surface area contributed by atoms with E-state index in [-0.39, 0.29) is 0 Å². The molecule has 2 heterocycles. The van der Waals surface area contributed by atoms with Crippen LogP contribution in [0.15, 0.2) is 16.6 Å². The monoisotopic (exact) mass is 310 g/mol. The summed E-state index contributed by atoms with van der Waals surface area (Å²) in [6.07, 6.45) is 3.39. The maximum atomic E-state index is 6.04. The van der Waals surface area contributed by atoms with Gasteiger partial charge in [0.15, 0.2) is 0 Å². The summed E-state index contributed by atoms with van der Waals surface area (Å²) in [5.41, 5.74) is 8.67. The molecule has 1 fully saturated rings. The molecule has 0 amide bonds. The van der Waals surface area contributed by atoms with Gasteiger partial charge in [0.25, 0.3) is 0 Å². The Morgan fingerprint density at radius 3 is 3.17 bits per heavy atom. The molecule has 2 aliphatic rings. The van der Waals surface area contributed by atoms with Gasteiger partial charge in [-0.2, -0.15) is 0 Å². The van der Waals surface area contributed by atoms with E-state index >= 15 is 0 Å². The maximum Gasteiger partial charge on any atom is 0.127 e. The fourth-order valence-corrected chi connectivity index (χ4v) is 3.49. The Bertz CT molecular complexity index is 450. The molecule has 2 N–H and O–H groups in total. The first-order valence-corrected chi connectivity index (χ1v) is 7.44. The van der Waals surface area contributed by atoms with Crippen molar-refractivity contribution in [2.75, 3.05) is 19.7 Å². The number of likely N-dealkylation sites (tertiary alicyclic amines) is 1. The molecule has 98 valence electrons. The third-order valence-corrected chi connectivity index (χ3v) is 4.22. The van der Waals surface area contributed by atoms with Crippen molar-refractivity contribution in [2.45, 2.75) is 31.8 Å². The summed E-state index contributed by atoms with van der Waals surface area (Å²) in [5, 5.41) is 0. The predicted molar refractivity (Wildman–Crippen MR) is 75.8 cm³/mol. The molecule has 1 unspecified atom stereocenters. The van der Waals surface area contributed by atoms with Crippen LogP contribution >= 0.6 is 15.9 Å². The molecule has 1 saturated heterocycles. The number of hydrogen-bond acceptors (Lipinski definition) is 3. The molecule has 3 rings (SSSR count). The highest BCUT2D eigenvalue weighted by Gasteiger charge is 2.21. The van der Waals surface area contributed by atoms with E-state index < -0.39 is 0 Å². The summed E-state index contributed by atoms with van der Waals surface area (Å²) >= 11 is 3.59. The van der Waals surface area contributed by atoms with Crippen LogP contribution in [0.3, 0.4) is 0 Å². The third-order valence-electron chi connectivity index (χ3n) is 3.76. The molecule has 1 aromatic carbocycles. The lowest BCUT2D eigenvalue weighted by Crippen LogP contribution is -2.42. The molecule has 0 radical (unpaired) electrons. The number of halogens is 1. The first-order valence-electron chi connectivity index (χ1n) is 6.64. The summed E-state index contributed by atoms with van der Waals surface area (Å²) in [5.74, 6) is 1.11. The molecule has 18 heavy (non-hydrogen) atoms. The highest BCUT2D eigenvalue weighted by molar-refractivity contribution is 9.10. The topological polar surface area (TPSA) is 38.5 Å². The fourth-order valence-electron chi connectivity index (χ4n) is 2.94. The van der Waals surface area contributed by atoms with Crippen LogP contribution in [0.2, 0.25) is 0 Å². The molecule has 0 bridgehead atoms. The maximum absolute atomic E-state index is 6.04. The van der Waals surface area contributed by atoms with Gasteiger partial charge in [0, 0.05) is 35.6 Å². The molecule has 0 aromatic heterocycles. The molecule has 0 aliphatic carbocycles. The number of nitrogens with zero attached hydrogens (tertiary/aromatic N) is 1. The van der Waals surface area contributed by atoms with Gasteiger partial charge in [-0.25, -0.2) is 0 Å². The lowest BCUT2D eigenvalue weighted by atomic mass is 10.0. The van der Waals surface area contributed by atoms with Crippen molar-refractivity contribution < 1.29 is 4.74 Å². The zero-order valence-corrected chi connectivity index (χ0v) is 12.1. The Kier molecular flexibility index (Phi) is 3.59. The van der Waals surface area contributed by atoms with E-state index in [4.69, 9.17) is 10.5 Å². The molecular weight excluding hydrogens is 292 g/mol. The third kappa shape index (κ3) is 2.56. The largest absolute Gasteiger partial charge is 0.493 e. The van der Waals surface area contributed by atoms with Crippen molar-refractivity contribution in [3.05, 3.63) is 27.7 Å². The molecule has 1 aromatic rings. The standard InChI is InChI=1S/C14H19BrN2O/c15-12-6-10-3-5-18-14(10)11(7-12)8-17-4-1-2-13(16)9-17/h6-7,13H,1-5,8-9,16H2. The molecule has 4 heteroatoms. The van der Waals surface area contributed by atoms with Crippen LogP contribution in [-0.4, -0.2) is 30.6 Å². The minimum Gasteiger partial charge on any atom is -0.493 e. The van der Waals surface area contributed by atoms with E-state index in [2.05, 4.69) is 33.0 Å². The SMILES string of the molecule is NC1CCCN(Cc2cc(Br)cc3c2OCC3)C1. The van der Waals surface area contributed by atoms with Gasteiger partial charge in [0.05, 0.1) is 6.61 Å². The first kappa shape index (κ1) is 12.5. The number of fused-ring (bicyclic) bond motifs is 1. The zero-order valence-electron chi connectivity index (χ0n) is 10.5. The Morgan fingerprint density at radius 1 is 1.44 bits per heavy atom. The Morgan fingerprint density at radius 2 is 2.33 bits per heavy atom. The normalized spacial score (nSPS) is 23.8. The van der Waals surface area contributed by atoms with Crippen LogP contribution < -0.4 is 10.5 Å². The van der Waals surface area contributed by atoms with Crippen LogP contribution in [-0.2, 0) is 13.0 Å². The number of ether oxygens (including phenoxy) is 1. The van der Waals surface area contributed by atoms with Gasteiger partial charge in [-0.05, 0) is 37.1 Å². The van der Waals surface area contributed by atoms with Crippen LogP contribution in [0.4, 0.5) is 0 Å². The van der Waals surface area contributed by atoms with Gasteiger partial charge >= 0.3 is 0 Å². The molecule has 1 atom stereocenters. The fraction of sp³-hybridized carbons (Fsp3) is 0.571. The van der Waals surface area contributed by atoms with Crippen molar-refractivity contribution in [3.63, 3.8) is 0 Å². The van der Waals surface area contributed by atoms with Crippen molar-refractivity contribution in [1.82, 2.24) is 4.90 Å². The Labute approximate surface area is 116 Å². The quantitative estimate of drug-likeness (QED) is 0.911. The van der Waals surface area contributed by atoms with Crippen LogP contribution in [0.5, 0.6) is 5.75 Å². The number of benzene rings is 1. The minimum absolute atomic E-state index is 0.333. The number of piperidine rings is 1. The van der Waals surface area contributed by atoms with Gasteiger partial charge in [-0.3, -0.25) is 4.90 Å². The minimum atomic E-state index is 0.333. The summed E-state index contributed by atoms with van der Waals surface area (Å²) in [6.45, 7) is 3.92. The zero-order chi connectivity index (χ0) is 12.5. The number of rotatable bonds is 2. The second kappa shape index (κ2) is 5.19. The lowest BCUT2D eigenvalue weighted by Gasteiger charge is -2.31. The van der Waals surface area contributed by atoms with E-state index in [9.17, 15) is 0 Å². The van der Waals surface area contributed by atoms with Gasteiger partial charge in [-0.1, -0.05) is 15.9 Å². The molecule has 2 aliphatic heterocycles. The average Bonchev–Trinajstić information content (AvgIpc) is 2.77. The van der Waals surface area contributed by atoms with Crippen molar-refractivity contribution in [2.24, 2.45) is 5.73 Å². The van der Waals surface area contributed by atoms with Crippen molar-refractivity contribution >= 4 is 15.9 Å². The number of nitrogens with two attached hydrogens (primary N) is 1. The van der Waals surface area contributed by atoms with Gasteiger partial charge in [0.1, 0.15) is 5.75 Å². The molecule has 3 nitrogen and oxygen atoms in total. The van der Waals surface area contributed by atoms with Crippen molar-refractivity contribution in [1.29, 1.82) is 0 Å². The van der Waals surface area contributed by atoms with E-state index in [0.29, 0.717) is 6.04 Å². The van der Waals surface area contributed by atoms with E-state index in [1.54, 1.807) is 0 Å². The van der Waals surface area contributed by atoms with Crippen LogP contribution in [0, 0.1) is 0 Å². The van der Waals surface area contributed by atoms with Crippen LogP contribution in [0.25, 0.3) is 0 Å².